The van der Waals surface area contributed by atoms with E-state index in [1.807, 2.05) is 13.8 Å². The van der Waals surface area contributed by atoms with Gasteiger partial charge >= 0.3 is 5.97 Å². The van der Waals surface area contributed by atoms with Crippen molar-refractivity contribution < 1.29 is 15.0 Å². The van der Waals surface area contributed by atoms with E-state index >= 15 is 0 Å². The van der Waals surface area contributed by atoms with Crippen LogP contribution in [0.15, 0.2) is 12.1 Å². The quantitative estimate of drug-likeness (QED) is 0.704. The van der Waals surface area contributed by atoms with Gasteiger partial charge in [-0.2, -0.15) is 0 Å². The number of nitrogens with zero attached hydrogens (tertiary/aromatic N) is 1. The van der Waals surface area contributed by atoms with Crippen LogP contribution in [-0.2, 0) is 0 Å². The Morgan fingerprint density at radius 3 is 2.71 bits per heavy atom. The van der Waals surface area contributed by atoms with Crippen LogP contribution in [0.2, 0.25) is 5.15 Å². The van der Waals surface area contributed by atoms with E-state index in [1.165, 1.54) is 12.1 Å². The number of aliphatic hydroxyl groups is 1. The van der Waals surface area contributed by atoms with E-state index in [1.54, 1.807) is 0 Å². The smallest absolute Gasteiger partial charge is 0.335 e. The van der Waals surface area contributed by atoms with Crippen LogP contribution in [0.5, 0.6) is 0 Å². The maximum Gasteiger partial charge on any atom is 0.335 e. The highest BCUT2D eigenvalue weighted by atomic mass is 35.5. The Bertz CT molecular complexity index is 419. The third kappa shape index (κ3) is 3.57. The Kier molecular flexibility index (Phi) is 4.31. The van der Waals surface area contributed by atoms with Gasteiger partial charge in [0.2, 0.25) is 0 Å². The number of carboxylic acid groups (broad SMARTS) is 1. The first kappa shape index (κ1) is 13.7. The minimum Gasteiger partial charge on any atom is -0.478 e. The minimum atomic E-state index is -1.07. The molecule has 6 heteroatoms. The molecule has 5 nitrogen and oxygen atoms in total. The van der Waals surface area contributed by atoms with E-state index in [2.05, 4.69) is 10.3 Å². The van der Waals surface area contributed by atoms with E-state index in [0.717, 1.165) is 0 Å². The Morgan fingerprint density at radius 2 is 2.24 bits per heavy atom. The number of hydrogen-bond acceptors (Lipinski definition) is 4. The third-order valence-corrected chi connectivity index (χ3v) is 2.79. The number of hydrogen-bond donors (Lipinski definition) is 3. The normalized spacial score (nSPS) is 14.1. The first-order valence-electron chi connectivity index (χ1n) is 5.20. The fourth-order valence-corrected chi connectivity index (χ4v) is 1.44. The number of nitrogens with one attached hydrogen (secondary N) is 1. The summed E-state index contributed by atoms with van der Waals surface area (Å²) < 4.78 is 0. The Morgan fingerprint density at radius 1 is 1.59 bits per heavy atom. The Hall–Kier alpha value is -1.33. The SMILES string of the molecule is CCC(C)(CO)Nc1cc(C(=O)O)cc(Cl)n1. The van der Waals surface area contributed by atoms with Gasteiger partial charge in [-0.05, 0) is 25.5 Å². The second kappa shape index (κ2) is 5.33. The molecule has 0 aliphatic carbocycles. The summed E-state index contributed by atoms with van der Waals surface area (Å²) in [5.41, 5.74) is -0.489. The van der Waals surface area contributed by atoms with Crippen molar-refractivity contribution >= 4 is 23.4 Å². The molecule has 3 N–H and O–H groups in total. The molecule has 94 valence electrons. The number of halogens is 1. The number of pyridine rings is 1. The molecule has 0 aliphatic heterocycles. The molecule has 0 radical (unpaired) electrons. The number of rotatable bonds is 5. The van der Waals surface area contributed by atoms with Crippen molar-refractivity contribution in [1.82, 2.24) is 4.98 Å². The van der Waals surface area contributed by atoms with Crippen LogP contribution in [0, 0.1) is 0 Å². The molecule has 0 saturated heterocycles. The molecule has 1 aromatic rings. The molecule has 1 unspecified atom stereocenters. The van der Waals surface area contributed by atoms with E-state index in [-0.39, 0.29) is 17.3 Å². The summed E-state index contributed by atoms with van der Waals surface area (Å²) in [5, 5.41) is 21.2. The summed E-state index contributed by atoms with van der Waals surface area (Å²) in [6.45, 7) is 3.64. The highest BCUT2D eigenvalue weighted by Gasteiger charge is 2.21. The average Bonchev–Trinajstić information content (AvgIpc) is 2.28. The maximum absolute atomic E-state index is 10.8. The van der Waals surface area contributed by atoms with Crippen LogP contribution in [0.25, 0.3) is 0 Å². The monoisotopic (exact) mass is 258 g/mol. The number of aromatic carboxylic acids is 1. The number of carbonyl (C=O) groups is 1. The average molecular weight is 259 g/mol. The summed E-state index contributed by atoms with van der Waals surface area (Å²) in [5.74, 6) is -0.729. The molecule has 1 heterocycles. The molecule has 1 aromatic heterocycles. The van der Waals surface area contributed by atoms with Gasteiger partial charge in [0.15, 0.2) is 0 Å². The molecule has 1 rings (SSSR count). The lowest BCUT2D eigenvalue weighted by molar-refractivity contribution is 0.0697. The van der Waals surface area contributed by atoms with Crippen molar-refractivity contribution in [3.05, 3.63) is 22.8 Å². The molecule has 0 spiro atoms. The van der Waals surface area contributed by atoms with Crippen LogP contribution < -0.4 is 5.32 Å². The van der Waals surface area contributed by atoms with Crippen LogP contribution >= 0.6 is 11.6 Å². The van der Waals surface area contributed by atoms with Crippen LogP contribution in [0.3, 0.4) is 0 Å². The van der Waals surface area contributed by atoms with Gasteiger partial charge in [-0.15, -0.1) is 0 Å². The molecule has 17 heavy (non-hydrogen) atoms. The zero-order chi connectivity index (χ0) is 13.1. The lowest BCUT2D eigenvalue weighted by atomic mass is 10.0. The number of aromatic nitrogens is 1. The fraction of sp³-hybridized carbons (Fsp3) is 0.455. The summed E-state index contributed by atoms with van der Waals surface area (Å²) in [4.78, 5) is 14.8. The predicted octanol–water partition coefficient (Wildman–Crippen LogP) is 2.01. The third-order valence-electron chi connectivity index (χ3n) is 2.60. The summed E-state index contributed by atoms with van der Waals surface area (Å²) in [6, 6.07) is 2.66. The standard InChI is InChI=1S/C11H15ClN2O3/c1-3-11(2,6-15)14-9-5-7(10(16)17)4-8(12)13-9/h4-5,15H,3,6H2,1-2H3,(H,13,14)(H,16,17). The lowest BCUT2D eigenvalue weighted by Gasteiger charge is -2.27. The number of anilines is 1. The Balaban J connectivity index is 3.02. The minimum absolute atomic E-state index is 0.0592. The molecule has 0 fully saturated rings. The molecule has 0 aromatic carbocycles. The topological polar surface area (TPSA) is 82.5 Å². The lowest BCUT2D eigenvalue weighted by Crippen LogP contribution is -2.38. The largest absolute Gasteiger partial charge is 0.478 e. The fourth-order valence-electron chi connectivity index (χ4n) is 1.23. The molecule has 1 atom stereocenters. The molecular weight excluding hydrogens is 244 g/mol. The molecule has 0 saturated carbocycles. The van der Waals surface area contributed by atoms with E-state index in [9.17, 15) is 9.90 Å². The first-order chi connectivity index (χ1) is 7.90. The maximum atomic E-state index is 10.8. The van der Waals surface area contributed by atoms with Gasteiger partial charge in [0.1, 0.15) is 11.0 Å². The second-order valence-corrected chi connectivity index (χ2v) is 4.45. The first-order valence-corrected chi connectivity index (χ1v) is 5.58. The highest BCUT2D eigenvalue weighted by Crippen LogP contribution is 2.20. The zero-order valence-corrected chi connectivity index (χ0v) is 10.5. The van der Waals surface area contributed by atoms with Gasteiger partial charge in [-0.25, -0.2) is 9.78 Å². The summed E-state index contributed by atoms with van der Waals surface area (Å²) in [7, 11) is 0. The van der Waals surface area contributed by atoms with Crippen LogP contribution in [0.4, 0.5) is 5.82 Å². The van der Waals surface area contributed by atoms with Gasteiger partial charge in [-0.3, -0.25) is 0 Å². The summed E-state index contributed by atoms with van der Waals surface area (Å²) >= 11 is 5.73. The molecular formula is C11H15ClN2O3. The Labute approximate surface area is 104 Å². The molecule has 0 amide bonds. The van der Waals surface area contributed by atoms with Crippen molar-refractivity contribution in [1.29, 1.82) is 0 Å². The van der Waals surface area contributed by atoms with Gasteiger partial charge < -0.3 is 15.5 Å². The van der Waals surface area contributed by atoms with Crippen molar-refractivity contribution in [3.8, 4) is 0 Å². The van der Waals surface area contributed by atoms with Crippen LogP contribution in [-0.4, -0.2) is 33.3 Å². The number of aliphatic hydroxyl groups excluding tert-OH is 1. The van der Waals surface area contributed by atoms with Gasteiger partial charge in [-0.1, -0.05) is 18.5 Å². The van der Waals surface area contributed by atoms with Crippen molar-refractivity contribution in [3.63, 3.8) is 0 Å². The van der Waals surface area contributed by atoms with Gasteiger partial charge in [0, 0.05) is 0 Å². The van der Waals surface area contributed by atoms with Crippen molar-refractivity contribution in [2.45, 2.75) is 25.8 Å². The van der Waals surface area contributed by atoms with Gasteiger partial charge in [0.25, 0.3) is 0 Å². The molecule has 0 bridgehead atoms. The number of carboxylic acids is 1. The van der Waals surface area contributed by atoms with E-state index in [4.69, 9.17) is 16.7 Å². The predicted molar refractivity (Wildman–Crippen MR) is 65.6 cm³/mol. The summed E-state index contributed by atoms with van der Waals surface area (Å²) in [6.07, 6.45) is 0.667. The van der Waals surface area contributed by atoms with E-state index in [0.29, 0.717) is 12.2 Å². The highest BCUT2D eigenvalue weighted by molar-refractivity contribution is 6.29. The zero-order valence-electron chi connectivity index (χ0n) is 9.70. The van der Waals surface area contributed by atoms with Crippen LogP contribution in [0.1, 0.15) is 30.6 Å². The second-order valence-electron chi connectivity index (χ2n) is 4.07. The molecule has 0 aliphatic rings. The van der Waals surface area contributed by atoms with Crippen molar-refractivity contribution in [2.75, 3.05) is 11.9 Å². The van der Waals surface area contributed by atoms with Crippen molar-refractivity contribution in [2.24, 2.45) is 0 Å². The van der Waals surface area contributed by atoms with Gasteiger partial charge in [0.05, 0.1) is 17.7 Å². The van der Waals surface area contributed by atoms with E-state index < -0.39 is 11.5 Å².